The molecule has 0 aliphatic carbocycles. The Morgan fingerprint density at radius 3 is 2.70 bits per heavy atom. The number of nitrogens with two attached hydrogens (primary N) is 1. The van der Waals surface area contributed by atoms with Crippen molar-refractivity contribution >= 4 is 47.4 Å². The van der Waals surface area contributed by atoms with Gasteiger partial charge < -0.3 is 24.6 Å². The van der Waals surface area contributed by atoms with Crippen molar-refractivity contribution in [3.63, 3.8) is 0 Å². The van der Waals surface area contributed by atoms with Gasteiger partial charge in [0.05, 0.1) is 31.6 Å². The highest BCUT2D eigenvalue weighted by Gasteiger charge is 2.40. The van der Waals surface area contributed by atoms with Crippen molar-refractivity contribution < 1.29 is 27.9 Å². The molecule has 1 fully saturated rings. The second-order valence-electron chi connectivity index (χ2n) is 12.7. The van der Waals surface area contributed by atoms with Crippen LogP contribution in [0.5, 0.6) is 5.75 Å². The lowest BCUT2D eigenvalue weighted by Crippen LogP contribution is -2.37. The lowest BCUT2D eigenvalue weighted by atomic mass is 9.99. The molecule has 0 spiro atoms. The number of nitrogens with zero attached hydrogens (tertiary/aromatic N) is 5. The maximum atomic E-state index is 14.4. The first-order chi connectivity index (χ1) is 21.8. The number of nitrogen functional groups attached to an aromatic ring is 1. The van der Waals surface area contributed by atoms with Crippen LogP contribution in [0.3, 0.4) is 0 Å². The SMILES string of the molecule is C#C[C@H]1C[C@@H](CO[P@@](=O)(N[C@@H](C)C(=O)OCC(C)(C)C)Oc2cccc3ccccc23)O[C@H]1n1cnc2c(N(C)C)nc(N)nc21. The van der Waals surface area contributed by atoms with Gasteiger partial charge in [-0.2, -0.15) is 15.1 Å². The molecule has 4 aromatic rings. The third-order valence-electron chi connectivity index (χ3n) is 7.28. The number of hydrogen-bond donors (Lipinski definition) is 2. The number of carbonyl (C=O) groups is 1. The molecule has 1 aliphatic rings. The molecule has 13 nitrogen and oxygen atoms in total. The maximum absolute atomic E-state index is 14.4. The summed E-state index contributed by atoms with van der Waals surface area (Å²) in [4.78, 5) is 27.8. The molecule has 5 rings (SSSR count). The second kappa shape index (κ2) is 13.3. The monoisotopic (exact) mass is 649 g/mol. The lowest BCUT2D eigenvalue weighted by Gasteiger charge is -2.25. The zero-order valence-electron chi connectivity index (χ0n) is 26.8. The van der Waals surface area contributed by atoms with E-state index in [4.69, 9.17) is 30.7 Å². The van der Waals surface area contributed by atoms with E-state index >= 15 is 0 Å². The summed E-state index contributed by atoms with van der Waals surface area (Å²) in [5, 5.41) is 4.38. The van der Waals surface area contributed by atoms with Gasteiger partial charge >= 0.3 is 13.7 Å². The van der Waals surface area contributed by atoms with Crippen LogP contribution in [0.2, 0.25) is 0 Å². The third-order valence-corrected chi connectivity index (χ3v) is 8.91. The lowest BCUT2D eigenvalue weighted by molar-refractivity contribution is -0.148. The van der Waals surface area contributed by atoms with Crippen LogP contribution in [0.25, 0.3) is 21.9 Å². The van der Waals surface area contributed by atoms with Crippen molar-refractivity contribution in [2.75, 3.05) is 37.9 Å². The number of nitrogens with one attached hydrogen (secondary N) is 1. The molecule has 1 aliphatic heterocycles. The standard InChI is InChI=1S/C32H40N7O6P/c1-8-21-16-23(44-29(21)39-19-34-26-27(38(6)7)35-31(33)36-28(26)39)17-43-46(41,37-20(2)30(40)42-18-32(3,4)5)45-25-15-11-13-22-12-9-10-14-24(22)25/h1,9-15,19-21,23,29H,16-18H2,2-7H3,(H,37,41)(H2,33,35,36)/t20-,21-,23-,29+,46-/m0/s1. The Balaban J connectivity index is 1.37. The van der Waals surface area contributed by atoms with Crippen molar-refractivity contribution in [3.05, 3.63) is 48.8 Å². The highest BCUT2D eigenvalue weighted by atomic mass is 31.2. The minimum absolute atomic E-state index is 0.0841. The van der Waals surface area contributed by atoms with Crippen LogP contribution < -0.4 is 20.2 Å². The molecule has 3 N–H and O–H groups in total. The van der Waals surface area contributed by atoms with Gasteiger partial charge in [-0.1, -0.05) is 63.1 Å². The van der Waals surface area contributed by atoms with E-state index in [1.807, 2.05) is 65.2 Å². The summed E-state index contributed by atoms with van der Waals surface area (Å²) in [5.41, 5.74) is 6.77. The molecule has 2 aromatic heterocycles. The van der Waals surface area contributed by atoms with Crippen LogP contribution in [-0.2, 0) is 23.4 Å². The van der Waals surface area contributed by atoms with Gasteiger partial charge in [0.25, 0.3) is 0 Å². The number of anilines is 2. The van der Waals surface area contributed by atoms with E-state index in [9.17, 15) is 9.36 Å². The molecular weight excluding hydrogens is 609 g/mol. The Hall–Kier alpha value is -4.21. The molecule has 5 atom stereocenters. The molecule has 14 heteroatoms. The molecule has 0 amide bonds. The number of fused-ring (bicyclic) bond motifs is 2. The van der Waals surface area contributed by atoms with E-state index in [-0.39, 0.29) is 30.5 Å². The van der Waals surface area contributed by atoms with E-state index < -0.39 is 32.1 Å². The second-order valence-corrected chi connectivity index (χ2v) is 14.4. The highest BCUT2D eigenvalue weighted by Crippen LogP contribution is 2.48. The fraction of sp³-hybridized carbons (Fsp3) is 0.438. The number of ether oxygens (including phenoxy) is 2. The zero-order chi connectivity index (χ0) is 33.2. The van der Waals surface area contributed by atoms with Crippen LogP contribution >= 0.6 is 7.75 Å². The number of esters is 1. The Kier molecular flexibility index (Phi) is 9.56. The van der Waals surface area contributed by atoms with Crippen LogP contribution in [0.4, 0.5) is 11.8 Å². The van der Waals surface area contributed by atoms with Crippen LogP contribution in [0.1, 0.15) is 40.3 Å². The van der Waals surface area contributed by atoms with E-state index in [2.05, 4.69) is 26.0 Å². The summed E-state index contributed by atoms with van der Waals surface area (Å²) in [6.45, 7) is 7.43. The van der Waals surface area contributed by atoms with Gasteiger partial charge in [-0.3, -0.25) is 13.9 Å². The van der Waals surface area contributed by atoms with Crippen molar-refractivity contribution in [2.24, 2.45) is 11.3 Å². The van der Waals surface area contributed by atoms with E-state index in [1.54, 1.807) is 34.9 Å². The van der Waals surface area contributed by atoms with Crippen molar-refractivity contribution in [1.29, 1.82) is 0 Å². The number of benzene rings is 2. The first kappa shape index (κ1) is 33.2. The molecule has 0 bridgehead atoms. The van der Waals surface area contributed by atoms with Crippen LogP contribution in [0, 0.1) is 23.7 Å². The van der Waals surface area contributed by atoms with Crippen LogP contribution in [0.15, 0.2) is 48.8 Å². The van der Waals surface area contributed by atoms with E-state index in [0.717, 1.165) is 10.8 Å². The summed E-state index contributed by atoms with van der Waals surface area (Å²) < 4.78 is 39.9. The minimum atomic E-state index is -4.19. The average Bonchev–Trinajstić information content (AvgIpc) is 3.61. The third kappa shape index (κ3) is 7.43. The maximum Gasteiger partial charge on any atom is 0.459 e. The summed E-state index contributed by atoms with van der Waals surface area (Å²) in [5.74, 6) is 2.79. The first-order valence-corrected chi connectivity index (χ1v) is 16.5. The van der Waals surface area contributed by atoms with E-state index in [1.165, 1.54) is 0 Å². The summed E-state index contributed by atoms with van der Waals surface area (Å²) in [6.07, 6.45) is 6.68. The number of aromatic nitrogens is 4. The van der Waals surface area contributed by atoms with Crippen molar-refractivity contribution in [1.82, 2.24) is 24.6 Å². The molecule has 244 valence electrons. The van der Waals surface area contributed by atoms with Gasteiger partial charge in [-0.15, -0.1) is 6.42 Å². The van der Waals surface area contributed by atoms with Gasteiger partial charge in [0.15, 0.2) is 23.2 Å². The summed E-state index contributed by atoms with van der Waals surface area (Å²) >= 11 is 0. The van der Waals surface area contributed by atoms with Gasteiger partial charge in [-0.05, 0) is 30.2 Å². The van der Waals surface area contributed by atoms with Gasteiger partial charge in [-0.25, -0.2) is 9.55 Å². The zero-order valence-corrected chi connectivity index (χ0v) is 27.7. The molecular formula is C32H40N7O6P. The Labute approximate surface area is 268 Å². The molecule has 46 heavy (non-hydrogen) atoms. The van der Waals surface area contributed by atoms with Crippen molar-refractivity contribution in [3.8, 4) is 18.1 Å². The smallest absolute Gasteiger partial charge is 0.459 e. The van der Waals surface area contributed by atoms with Gasteiger partial charge in [0.2, 0.25) is 5.95 Å². The highest BCUT2D eigenvalue weighted by molar-refractivity contribution is 7.52. The molecule has 0 saturated carbocycles. The predicted molar refractivity (Wildman–Crippen MR) is 176 cm³/mol. The Morgan fingerprint density at radius 1 is 1.24 bits per heavy atom. The Bertz CT molecular complexity index is 1810. The van der Waals surface area contributed by atoms with Gasteiger partial charge in [0, 0.05) is 19.5 Å². The molecule has 2 aromatic carbocycles. The number of hydrogen-bond acceptors (Lipinski definition) is 11. The Morgan fingerprint density at radius 2 is 1.98 bits per heavy atom. The number of carbonyl (C=O) groups excluding carboxylic acids is 1. The largest absolute Gasteiger partial charge is 0.464 e. The number of rotatable bonds is 11. The molecule has 0 unspecified atom stereocenters. The number of imidazole rings is 1. The average molecular weight is 650 g/mol. The predicted octanol–water partition coefficient (Wildman–Crippen LogP) is 4.94. The topological polar surface area (TPSA) is 156 Å². The summed E-state index contributed by atoms with van der Waals surface area (Å²) in [7, 11) is -0.518. The van der Waals surface area contributed by atoms with Crippen LogP contribution in [-0.4, -0.2) is 64.9 Å². The normalized spacial score (nSPS) is 20.2. The number of terminal acetylenes is 1. The minimum Gasteiger partial charge on any atom is -0.464 e. The fourth-order valence-corrected chi connectivity index (χ4v) is 6.60. The quantitative estimate of drug-likeness (QED) is 0.128. The fourth-order valence-electron chi connectivity index (χ4n) is 5.06. The molecule has 0 radical (unpaired) electrons. The van der Waals surface area contributed by atoms with E-state index in [0.29, 0.717) is 29.2 Å². The molecule has 3 heterocycles. The first-order valence-electron chi connectivity index (χ1n) is 14.9. The van der Waals surface area contributed by atoms with Crippen molar-refractivity contribution in [2.45, 2.75) is 52.5 Å². The van der Waals surface area contributed by atoms with Gasteiger partial charge in [0.1, 0.15) is 11.8 Å². The molecule has 1 saturated heterocycles. The summed E-state index contributed by atoms with van der Waals surface area (Å²) in [6, 6.07) is 11.9.